The van der Waals surface area contributed by atoms with Crippen molar-refractivity contribution in [3.05, 3.63) is 41.2 Å². The first-order chi connectivity index (χ1) is 11.0. The Bertz CT molecular complexity index is 694. The molecule has 0 saturated heterocycles. The number of carbonyl (C=O) groups excluding carboxylic acids is 1. The average Bonchev–Trinajstić information content (AvgIpc) is 2.96. The smallest absolute Gasteiger partial charge is 0.358 e. The molecule has 0 saturated carbocycles. The quantitative estimate of drug-likeness (QED) is 0.784. The zero-order chi connectivity index (χ0) is 16.8. The molecule has 8 heteroatoms. The molecule has 0 aliphatic carbocycles. The van der Waals surface area contributed by atoms with Crippen molar-refractivity contribution in [2.45, 2.75) is 26.5 Å². The number of amides is 1. The van der Waals surface area contributed by atoms with E-state index < -0.39 is 5.97 Å². The number of aromatic carboxylic acids is 1. The Kier molecular flexibility index (Phi) is 5.29. The van der Waals surface area contributed by atoms with Gasteiger partial charge < -0.3 is 15.2 Å². The summed E-state index contributed by atoms with van der Waals surface area (Å²) in [5.41, 5.74) is 1.19. The van der Waals surface area contributed by atoms with Crippen molar-refractivity contribution in [3.63, 3.8) is 0 Å². The van der Waals surface area contributed by atoms with E-state index in [1.54, 1.807) is 0 Å². The van der Waals surface area contributed by atoms with Crippen LogP contribution in [-0.4, -0.2) is 39.0 Å². The minimum absolute atomic E-state index is 0.0445. The second kappa shape index (κ2) is 7.39. The van der Waals surface area contributed by atoms with E-state index in [4.69, 9.17) is 9.84 Å². The van der Waals surface area contributed by atoms with E-state index in [1.807, 2.05) is 24.3 Å². The summed E-state index contributed by atoms with van der Waals surface area (Å²) >= 11 is 0. The summed E-state index contributed by atoms with van der Waals surface area (Å²) in [5.74, 6) is -0.917. The number of nitrogens with zero attached hydrogens (tertiary/aromatic N) is 3. The molecule has 122 valence electrons. The first kappa shape index (κ1) is 16.5. The highest BCUT2D eigenvalue weighted by molar-refractivity contribution is 5.86. The summed E-state index contributed by atoms with van der Waals surface area (Å²) in [6.07, 6.45) is 0.923. The van der Waals surface area contributed by atoms with E-state index in [2.05, 4.69) is 22.6 Å². The lowest BCUT2D eigenvalue weighted by molar-refractivity contribution is -0.121. The van der Waals surface area contributed by atoms with Gasteiger partial charge in [-0.05, 0) is 24.1 Å². The standard InChI is InChI=1S/C15H18N4O4/c1-3-10-4-6-11(7-5-10)23-9-12-14(15(21)22)17-18-19(12)8-13(20)16-2/h4-7H,3,8-9H2,1-2H3,(H,16,20)(H,21,22). The van der Waals surface area contributed by atoms with Crippen molar-refractivity contribution in [2.24, 2.45) is 0 Å². The number of ether oxygens (including phenoxy) is 1. The van der Waals surface area contributed by atoms with Crippen LogP contribution < -0.4 is 10.1 Å². The first-order valence-electron chi connectivity index (χ1n) is 7.13. The molecule has 0 unspecified atom stereocenters. The van der Waals surface area contributed by atoms with Crippen LogP contribution in [0.1, 0.15) is 28.7 Å². The van der Waals surface area contributed by atoms with Crippen LogP contribution in [0.15, 0.2) is 24.3 Å². The molecule has 0 aliphatic rings. The van der Waals surface area contributed by atoms with Crippen molar-refractivity contribution < 1.29 is 19.4 Å². The van der Waals surface area contributed by atoms with Gasteiger partial charge in [0, 0.05) is 7.05 Å². The van der Waals surface area contributed by atoms with E-state index in [0.717, 1.165) is 6.42 Å². The fraction of sp³-hybridized carbons (Fsp3) is 0.333. The Hall–Kier alpha value is -2.90. The van der Waals surface area contributed by atoms with Gasteiger partial charge in [0.1, 0.15) is 24.6 Å². The molecule has 0 atom stereocenters. The van der Waals surface area contributed by atoms with Crippen LogP contribution in [0, 0.1) is 0 Å². The third kappa shape index (κ3) is 4.06. The third-order valence-corrected chi connectivity index (χ3v) is 3.32. The number of likely N-dealkylation sites (N-methyl/N-ethyl adjacent to an activating group) is 1. The van der Waals surface area contributed by atoms with Crippen LogP contribution in [0.3, 0.4) is 0 Å². The molecule has 0 aliphatic heterocycles. The number of aryl methyl sites for hydroxylation is 1. The van der Waals surface area contributed by atoms with Crippen molar-refractivity contribution in [1.82, 2.24) is 20.3 Å². The monoisotopic (exact) mass is 318 g/mol. The Morgan fingerprint density at radius 2 is 2.00 bits per heavy atom. The predicted octanol–water partition coefficient (Wildman–Crippen LogP) is 0.864. The Morgan fingerprint density at radius 1 is 1.30 bits per heavy atom. The third-order valence-electron chi connectivity index (χ3n) is 3.32. The molecule has 1 aromatic heterocycles. The van der Waals surface area contributed by atoms with Crippen molar-refractivity contribution in [1.29, 1.82) is 0 Å². The lowest BCUT2D eigenvalue weighted by Crippen LogP contribution is -2.25. The second-order valence-corrected chi connectivity index (χ2v) is 4.81. The van der Waals surface area contributed by atoms with E-state index in [0.29, 0.717) is 5.75 Å². The molecule has 2 aromatic rings. The van der Waals surface area contributed by atoms with Gasteiger partial charge in [-0.1, -0.05) is 24.3 Å². The first-order valence-corrected chi connectivity index (χ1v) is 7.13. The van der Waals surface area contributed by atoms with Crippen LogP contribution in [0.5, 0.6) is 5.75 Å². The highest BCUT2D eigenvalue weighted by Crippen LogP contribution is 2.15. The SMILES string of the molecule is CCc1ccc(OCc2c(C(=O)O)nnn2CC(=O)NC)cc1. The molecule has 1 heterocycles. The number of aromatic nitrogens is 3. The van der Waals surface area contributed by atoms with E-state index in [1.165, 1.54) is 17.3 Å². The number of benzene rings is 1. The number of hydrogen-bond acceptors (Lipinski definition) is 5. The molecular formula is C15H18N4O4. The van der Waals surface area contributed by atoms with Crippen molar-refractivity contribution in [2.75, 3.05) is 7.05 Å². The van der Waals surface area contributed by atoms with Gasteiger partial charge >= 0.3 is 5.97 Å². The molecule has 1 aromatic carbocycles. The molecule has 2 rings (SSSR count). The van der Waals surface area contributed by atoms with Crippen LogP contribution >= 0.6 is 0 Å². The maximum atomic E-state index is 11.5. The zero-order valence-electron chi connectivity index (χ0n) is 12.9. The van der Waals surface area contributed by atoms with Gasteiger partial charge in [-0.2, -0.15) is 0 Å². The minimum Gasteiger partial charge on any atom is -0.487 e. The van der Waals surface area contributed by atoms with Crippen molar-refractivity contribution in [3.8, 4) is 5.75 Å². The van der Waals surface area contributed by atoms with Crippen LogP contribution in [0.2, 0.25) is 0 Å². The number of carbonyl (C=O) groups is 2. The summed E-state index contributed by atoms with van der Waals surface area (Å²) < 4.78 is 6.83. The number of hydrogen-bond donors (Lipinski definition) is 2. The summed E-state index contributed by atoms with van der Waals surface area (Å²) in [6.45, 7) is 1.89. The van der Waals surface area contributed by atoms with Crippen LogP contribution in [0.4, 0.5) is 0 Å². The van der Waals surface area contributed by atoms with E-state index >= 15 is 0 Å². The van der Waals surface area contributed by atoms with Crippen molar-refractivity contribution >= 4 is 11.9 Å². The van der Waals surface area contributed by atoms with Crippen LogP contribution in [-0.2, 0) is 24.4 Å². The van der Waals surface area contributed by atoms with Gasteiger partial charge in [-0.3, -0.25) is 4.79 Å². The lowest BCUT2D eigenvalue weighted by atomic mass is 10.2. The number of nitrogens with one attached hydrogen (secondary N) is 1. The maximum Gasteiger partial charge on any atom is 0.358 e. The van der Waals surface area contributed by atoms with Gasteiger partial charge in [-0.15, -0.1) is 5.10 Å². The lowest BCUT2D eigenvalue weighted by Gasteiger charge is -2.09. The Labute approximate surface area is 133 Å². The largest absolute Gasteiger partial charge is 0.487 e. The van der Waals surface area contributed by atoms with E-state index in [9.17, 15) is 9.59 Å². The summed E-state index contributed by atoms with van der Waals surface area (Å²) in [6, 6.07) is 7.50. The van der Waals surface area contributed by atoms with Gasteiger partial charge in [0.05, 0.1) is 0 Å². The molecule has 0 radical (unpaired) electrons. The normalized spacial score (nSPS) is 10.3. The zero-order valence-corrected chi connectivity index (χ0v) is 12.9. The Balaban J connectivity index is 2.17. The summed E-state index contributed by atoms with van der Waals surface area (Å²) in [5, 5.41) is 18.9. The molecule has 0 bridgehead atoms. The molecule has 23 heavy (non-hydrogen) atoms. The Morgan fingerprint density at radius 3 is 2.57 bits per heavy atom. The minimum atomic E-state index is -1.21. The molecule has 8 nitrogen and oxygen atoms in total. The molecular weight excluding hydrogens is 300 g/mol. The molecule has 2 N–H and O–H groups in total. The number of carboxylic acids is 1. The van der Waals surface area contributed by atoms with Gasteiger partial charge in [0.25, 0.3) is 0 Å². The topological polar surface area (TPSA) is 106 Å². The maximum absolute atomic E-state index is 11.5. The molecule has 0 fully saturated rings. The summed E-state index contributed by atoms with van der Waals surface area (Å²) in [4.78, 5) is 22.7. The predicted molar refractivity (Wildman–Crippen MR) is 81.2 cm³/mol. The van der Waals surface area contributed by atoms with E-state index in [-0.39, 0.29) is 30.4 Å². The second-order valence-electron chi connectivity index (χ2n) is 4.81. The van der Waals surface area contributed by atoms with Gasteiger partial charge in [0.15, 0.2) is 5.69 Å². The summed E-state index contributed by atoms with van der Waals surface area (Å²) in [7, 11) is 1.49. The fourth-order valence-corrected chi connectivity index (χ4v) is 1.96. The molecule has 1 amide bonds. The average molecular weight is 318 g/mol. The van der Waals surface area contributed by atoms with Crippen LogP contribution in [0.25, 0.3) is 0 Å². The number of carboxylic acid groups (broad SMARTS) is 1. The highest BCUT2D eigenvalue weighted by Gasteiger charge is 2.20. The fourth-order valence-electron chi connectivity index (χ4n) is 1.96. The number of rotatable bonds is 7. The highest BCUT2D eigenvalue weighted by atomic mass is 16.5. The molecule has 0 spiro atoms. The van der Waals surface area contributed by atoms with Gasteiger partial charge in [0.2, 0.25) is 5.91 Å². The van der Waals surface area contributed by atoms with Gasteiger partial charge in [-0.25, -0.2) is 9.48 Å².